The van der Waals surface area contributed by atoms with E-state index in [0.717, 1.165) is 26.1 Å². The molecule has 3 rings (SSSR count). The van der Waals surface area contributed by atoms with E-state index in [9.17, 15) is 0 Å². The van der Waals surface area contributed by atoms with Crippen LogP contribution in [-0.2, 0) is 4.74 Å². The van der Waals surface area contributed by atoms with E-state index >= 15 is 0 Å². The minimum absolute atomic E-state index is 0.705. The maximum atomic E-state index is 5.79. The molecule has 0 atom stereocenters. The molecule has 1 heterocycles. The van der Waals surface area contributed by atoms with Gasteiger partial charge in [-0.2, -0.15) is 0 Å². The van der Waals surface area contributed by atoms with Crippen LogP contribution in [0, 0.1) is 12.8 Å². The summed E-state index contributed by atoms with van der Waals surface area (Å²) in [5.41, 5.74) is 5.55. The summed E-state index contributed by atoms with van der Waals surface area (Å²) in [6, 6.07) is 10.1. The van der Waals surface area contributed by atoms with Crippen molar-refractivity contribution in [3.8, 4) is 0 Å². The molecule has 3 heteroatoms. The molecule has 0 bridgehead atoms. The van der Waals surface area contributed by atoms with Crippen molar-refractivity contribution in [1.29, 1.82) is 0 Å². The summed E-state index contributed by atoms with van der Waals surface area (Å²) in [6.07, 6.45) is 12.5. The molecule has 1 aromatic rings. The largest absolute Gasteiger partial charge is 0.501 e. The number of allylic oxidation sites excluding steroid dienone is 5. The summed E-state index contributed by atoms with van der Waals surface area (Å²) >= 11 is 0. The molecule has 1 fully saturated rings. The highest BCUT2D eigenvalue weighted by Gasteiger charge is 2.22. The van der Waals surface area contributed by atoms with Gasteiger partial charge < -0.3 is 9.64 Å². The Morgan fingerprint density at radius 3 is 2.56 bits per heavy atom. The fraction of sp³-hybridized carbons (Fsp3) is 0.500. The Morgan fingerprint density at radius 1 is 1.15 bits per heavy atom. The molecule has 146 valence electrons. The van der Waals surface area contributed by atoms with Crippen molar-refractivity contribution in [3.05, 3.63) is 65.5 Å². The number of rotatable bonds is 6. The van der Waals surface area contributed by atoms with E-state index in [2.05, 4.69) is 74.0 Å². The number of nitrogens with zero attached hydrogens (tertiary/aromatic N) is 1. The van der Waals surface area contributed by atoms with Gasteiger partial charge in [0.2, 0.25) is 0 Å². The second kappa shape index (κ2) is 8.96. The van der Waals surface area contributed by atoms with Gasteiger partial charge in [-0.05, 0) is 67.0 Å². The van der Waals surface area contributed by atoms with Crippen molar-refractivity contribution < 1.29 is 4.74 Å². The molecule has 0 unspecified atom stereocenters. The third-order valence-electron chi connectivity index (χ3n) is 5.60. The summed E-state index contributed by atoms with van der Waals surface area (Å²) in [4.78, 5) is 2.54. The first-order chi connectivity index (χ1) is 12.9. The molecule has 0 spiro atoms. The van der Waals surface area contributed by atoms with E-state index in [0.29, 0.717) is 5.92 Å². The zero-order valence-electron chi connectivity index (χ0n) is 17.5. The van der Waals surface area contributed by atoms with E-state index in [1.807, 2.05) is 6.26 Å². The Bertz CT molecular complexity index is 718. The van der Waals surface area contributed by atoms with Crippen LogP contribution in [0.1, 0.15) is 24.8 Å². The molecule has 1 saturated heterocycles. The summed E-state index contributed by atoms with van der Waals surface area (Å²) in [7, 11) is -0.999. The van der Waals surface area contributed by atoms with Crippen LogP contribution in [0.2, 0.25) is 25.7 Å². The highest BCUT2D eigenvalue weighted by molar-refractivity contribution is 6.76. The third-order valence-corrected chi connectivity index (χ3v) is 7.31. The SMILES string of the molecule is Cc1cccc(N2CCC(C3=CCC(=COCC[Si](C)(C)C)C=C3)CC2)c1. The van der Waals surface area contributed by atoms with Gasteiger partial charge in [0.05, 0.1) is 12.9 Å². The van der Waals surface area contributed by atoms with Gasteiger partial charge in [-0.15, -0.1) is 0 Å². The molecule has 0 radical (unpaired) electrons. The number of aryl methyl sites for hydroxylation is 1. The lowest BCUT2D eigenvalue weighted by atomic mass is 9.85. The Morgan fingerprint density at radius 2 is 1.93 bits per heavy atom. The number of hydrogen-bond donors (Lipinski definition) is 0. The molecule has 2 nitrogen and oxygen atoms in total. The van der Waals surface area contributed by atoms with E-state index < -0.39 is 8.07 Å². The Labute approximate surface area is 166 Å². The molecule has 0 N–H and O–H groups in total. The highest BCUT2D eigenvalue weighted by Crippen LogP contribution is 2.31. The summed E-state index contributed by atoms with van der Waals surface area (Å²) in [6.45, 7) is 12.5. The fourth-order valence-corrected chi connectivity index (χ4v) is 4.52. The van der Waals surface area contributed by atoms with Gasteiger partial charge in [0.15, 0.2) is 0 Å². The maximum absolute atomic E-state index is 5.79. The van der Waals surface area contributed by atoms with Gasteiger partial charge in [-0.3, -0.25) is 0 Å². The smallest absolute Gasteiger partial charge is 0.0863 e. The highest BCUT2D eigenvalue weighted by atomic mass is 28.3. The summed E-state index contributed by atoms with van der Waals surface area (Å²) in [5, 5.41) is 0. The van der Waals surface area contributed by atoms with E-state index in [1.54, 1.807) is 0 Å². The minimum atomic E-state index is -0.999. The standard InChI is InChI=1S/C24H35NOSi/c1-20-6-5-7-24(18-20)25-14-12-23(13-15-25)22-10-8-21(9-11-22)19-26-16-17-27(2,3)4/h5-8,10-11,18-19,23H,9,12-17H2,1-4H3. The van der Waals surface area contributed by atoms with Gasteiger partial charge in [-0.1, -0.05) is 50.0 Å². The summed E-state index contributed by atoms with van der Waals surface area (Å²) in [5.74, 6) is 0.705. The molecule has 0 aromatic heterocycles. The van der Waals surface area contributed by atoms with Crippen molar-refractivity contribution >= 4 is 13.8 Å². The van der Waals surface area contributed by atoms with Gasteiger partial charge in [0, 0.05) is 26.9 Å². The molecule has 0 amide bonds. The van der Waals surface area contributed by atoms with E-state index in [-0.39, 0.29) is 0 Å². The number of piperidine rings is 1. The quantitative estimate of drug-likeness (QED) is 0.324. The predicted molar refractivity (Wildman–Crippen MR) is 120 cm³/mol. The average molecular weight is 382 g/mol. The second-order valence-corrected chi connectivity index (χ2v) is 14.8. The number of benzene rings is 1. The fourth-order valence-electron chi connectivity index (χ4n) is 3.79. The van der Waals surface area contributed by atoms with Gasteiger partial charge in [0.25, 0.3) is 0 Å². The number of anilines is 1. The lowest BCUT2D eigenvalue weighted by molar-refractivity contribution is 0.265. The van der Waals surface area contributed by atoms with Crippen LogP contribution in [0.5, 0.6) is 0 Å². The van der Waals surface area contributed by atoms with Gasteiger partial charge in [-0.25, -0.2) is 0 Å². The monoisotopic (exact) mass is 381 g/mol. The Kier molecular flexibility index (Phi) is 6.64. The zero-order chi connectivity index (χ0) is 19.3. The first-order valence-electron chi connectivity index (χ1n) is 10.4. The average Bonchev–Trinajstić information content (AvgIpc) is 2.65. The molecule has 1 aliphatic heterocycles. The van der Waals surface area contributed by atoms with Crippen LogP contribution in [0.25, 0.3) is 0 Å². The third kappa shape index (κ3) is 6.13. The lowest BCUT2D eigenvalue weighted by Crippen LogP contribution is -2.34. The summed E-state index contributed by atoms with van der Waals surface area (Å²) < 4.78 is 5.79. The van der Waals surface area contributed by atoms with Crippen LogP contribution >= 0.6 is 0 Å². The van der Waals surface area contributed by atoms with Crippen LogP contribution in [0.3, 0.4) is 0 Å². The molecule has 27 heavy (non-hydrogen) atoms. The lowest BCUT2D eigenvalue weighted by Gasteiger charge is -2.35. The van der Waals surface area contributed by atoms with Crippen molar-refractivity contribution in [1.82, 2.24) is 0 Å². The first-order valence-corrected chi connectivity index (χ1v) is 14.1. The molecular formula is C24H35NOSi. The van der Waals surface area contributed by atoms with E-state index in [4.69, 9.17) is 4.74 Å². The molecule has 1 aromatic carbocycles. The Hall–Kier alpha value is -1.74. The van der Waals surface area contributed by atoms with Gasteiger partial charge >= 0.3 is 0 Å². The van der Waals surface area contributed by atoms with Crippen LogP contribution in [0.15, 0.2) is 59.9 Å². The number of ether oxygens (including phenoxy) is 1. The Balaban J connectivity index is 1.46. The molecule has 2 aliphatic rings. The normalized spacial score (nSPS) is 20.1. The van der Waals surface area contributed by atoms with Crippen molar-refractivity contribution in [2.75, 3.05) is 24.6 Å². The molecule has 1 aliphatic carbocycles. The maximum Gasteiger partial charge on any atom is 0.0863 e. The minimum Gasteiger partial charge on any atom is -0.501 e. The second-order valence-electron chi connectivity index (χ2n) is 9.22. The first kappa shape index (κ1) is 20.0. The van der Waals surface area contributed by atoms with E-state index in [1.165, 1.54) is 41.3 Å². The van der Waals surface area contributed by atoms with Crippen LogP contribution in [0.4, 0.5) is 5.69 Å². The number of hydrogen-bond acceptors (Lipinski definition) is 2. The molecular weight excluding hydrogens is 346 g/mol. The topological polar surface area (TPSA) is 12.5 Å². The van der Waals surface area contributed by atoms with Gasteiger partial charge in [0.1, 0.15) is 0 Å². The van der Waals surface area contributed by atoms with Crippen molar-refractivity contribution in [3.63, 3.8) is 0 Å². The van der Waals surface area contributed by atoms with Crippen LogP contribution in [-0.4, -0.2) is 27.8 Å². The predicted octanol–water partition coefficient (Wildman–Crippen LogP) is 6.34. The molecule has 0 saturated carbocycles. The van der Waals surface area contributed by atoms with Crippen LogP contribution < -0.4 is 4.90 Å². The van der Waals surface area contributed by atoms with Crippen molar-refractivity contribution in [2.45, 2.75) is 51.9 Å². The van der Waals surface area contributed by atoms with Crippen molar-refractivity contribution in [2.24, 2.45) is 5.92 Å². The zero-order valence-corrected chi connectivity index (χ0v) is 18.5.